The quantitative estimate of drug-likeness (QED) is 0.609. The number of hydrogen-bond acceptors (Lipinski definition) is 9. The Hall–Kier alpha value is -4.08. The maximum atomic E-state index is 12.3. The number of benzene rings is 2. The molecule has 0 fully saturated rings. The molecular formula is C20H17N3O7. The van der Waals surface area contributed by atoms with Gasteiger partial charge in [0.15, 0.2) is 18.1 Å². The molecule has 0 atom stereocenters. The fourth-order valence-corrected chi connectivity index (χ4v) is 2.73. The van der Waals surface area contributed by atoms with E-state index >= 15 is 0 Å². The summed E-state index contributed by atoms with van der Waals surface area (Å²) in [6.07, 6.45) is 0. The molecule has 0 spiro atoms. The summed E-state index contributed by atoms with van der Waals surface area (Å²) in [4.78, 5) is 24.4. The number of nitrogens with zero attached hydrogens (tertiary/aromatic N) is 2. The van der Waals surface area contributed by atoms with Gasteiger partial charge in [-0.15, -0.1) is 5.10 Å². The summed E-state index contributed by atoms with van der Waals surface area (Å²) in [5, 5.41) is 10.0. The van der Waals surface area contributed by atoms with Gasteiger partial charge in [-0.3, -0.25) is 10.1 Å². The summed E-state index contributed by atoms with van der Waals surface area (Å²) in [5.41, 5.74) is 0.873. The maximum absolute atomic E-state index is 12.3. The lowest BCUT2D eigenvalue weighted by Gasteiger charge is -2.21. The van der Waals surface area contributed by atoms with Gasteiger partial charge in [-0.25, -0.2) is 4.79 Å². The molecule has 0 saturated carbocycles. The number of anilines is 1. The Kier molecular flexibility index (Phi) is 5.46. The summed E-state index contributed by atoms with van der Waals surface area (Å²) in [7, 11) is 1.45. The maximum Gasteiger partial charge on any atom is 0.338 e. The molecule has 0 radical (unpaired) electrons. The lowest BCUT2D eigenvalue weighted by molar-refractivity contribution is -0.119. The summed E-state index contributed by atoms with van der Waals surface area (Å²) in [6, 6.07) is 11.9. The lowest BCUT2D eigenvalue weighted by atomic mass is 10.1. The number of nitrogens with one attached hydrogen (secondary N) is 1. The van der Waals surface area contributed by atoms with Crippen LogP contribution < -0.4 is 19.5 Å². The van der Waals surface area contributed by atoms with Crippen molar-refractivity contribution in [2.24, 2.45) is 0 Å². The minimum absolute atomic E-state index is 0.101. The van der Waals surface area contributed by atoms with Crippen LogP contribution in [0.4, 0.5) is 6.01 Å². The summed E-state index contributed by atoms with van der Waals surface area (Å²) in [5.74, 6) is 0.0289. The Balaban J connectivity index is 1.36. The van der Waals surface area contributed by atoms with Gasteiger partial charge in [-0.2, -0.15) is 0 Å². The van der Waals surface area contributed by atoms with Gasteiger partial charge >= 0.3 is 12.0 Å². The first-order valence-corrected chi connectivity index (χ1v) is 8.97. The Morgan fingerprint density at radius 1 is 1.10 bits per heavy atom. The molecule has 154 valence electrons. The highest BCUT2D eigenvalue weighted by atomic mass is 16.6. The van der Waals surface area contributed by atoms with Crippen LogP contribution >= 0.6 is 0 Å². The van der Waals surface area contributed by atoms with Crippen LogP contribution in [0.15, 0.2) is 46.9 Å². The number of carbonyl (C=O) groups is 2. The Morgan fingerprint density at radius 3 is 2.70 bits per heavy atom. The molecule has 30 heavy (non-hydrogen) atoms. The molecule has 1 aliphatic rings. The van der Waals surface area contributed by atoms with Crippen LogP contribution in [0.5, 0.6) is 17.2 Å². The summed E-state index contributed by atoms with van der Waals surface area (Å²) < 4.78 is 26.6. The smallest absolute Gasteiger partial charge is 0.338 e. The van der Waals surface area contributed by atoms with E-state index in [1.165, 1.54) is 19.2 Å². The molecule has 10 nitrogen and oxygen atoms in total. The van der Waals surface area contributed by atoms with E-state index in [9.17, 15) is 9.59 Å². The molecule has 10 heteroatoms. The monoisotopic (exact) mass is 411 g/mol. The van der Waals surface area contributed by atoms with E-state index in [1.54, 1.807) is 12.1 Å². The predicted molar refractivity (Wildman–Crippen MR) is 103 cm³/mol. The third kappa shape index (κ3) is 4.17. The van der Waals surface area contributed by atoms with Gasteiger partial charge in [0.25, 0.3) is 5.91 Å². The topological polar surface area (TPSA) is 122 Å². The van der Waals surface area contributed by atoms with Crippen LogP contribution in [0.2, 0.25) is 0 Å². The molecule has 2 heterocycles. The zero-order valence-electron chi connectivity index (χ0n) is 15.9. The van der Waals surface area contributed by atoms with Crippen LogP contribution in [-0.4, -0.2) is 49.0 Å². The molecular weight excluding hydrogens is 394 g/mol. The van der Waals surface area contributed by atoms with Crippen molar-refractivity contribution in [1.82, 2.24) is 10.2 Å². The van der Waals surface area contributed by atoms with Gasteiger partial charge in [0.1, 0.15) is 13.2 Å². The summed E-state index contributed by atoms with van der Waals surface area (Å²) in [6.45, 7) is 0.194. The molecule has 0 aliphatic carbocycles. The van der Waals surface area contributed by atoms with E-state index in [0.717, 1.165) is 0 Å². The van der Waals surface area contributed by atoms with Gasteiger partial charge in [0, 0.05) is 5.56 Å². The van der Waals surface area contributed by atoms with Crippen LogP contribution in [0, 0.1) is 0 Å². The SMILES string of the molecule is COc1cc(C(=O)OCC(=O)Nc2nnc(-c3ccccc3)o2)cc2c1OCCO2. The third-order valence-electron chi connectivity index (χ3n) is 4.09. The highest BCUT2D eigenvalue weighted by Crippen LogP contribution is 2.40. The molecule has 1 N–H and O–H groups in total. The number of fused-ring (bicyclic) bond motifs is 1. The number of methoxy groups -OCH3 is 1. The van der Waals surface area contributed by atoms with E-state index < -0.39 is 18.5 Å². The molecule has 0 saturated heterocycles. The molecule has 2 aromatic carbocycles. The molecule has 0 unspecified atom stereocenters. The van der Waals surface area contributed by atoms with Gasteiger partial charge in [0.2, 0.25) is 11.6 Å². The normalized spacial score (nSPS) is 12.2. The highest BCUT2D eigenvalue weighted by molar-refractivity contribution is 5.95. The zero-order chi connectivity index (χ0) is 20.9. The van der Waals surface area contributed by atoms with E-state index in [1.807, 2.05) is 18.2 Å². The average Bonchev–Trinajstić information content (AvgIpc) is 3.25. The average molecular weight is 411 g/mol. The van der Waals surface area contributed by atoms with Crippen molar-refractivity contribution in [3.05, 3.63) is 48.0 Å². The number of hydrogen-bond donors (Lipinski definition) is 1. The van der Waals surface area contributed by atoms with Crippen molar-refractivity contribution in [3.63, 3.8) is 0 Å². The number of aromatic nitrogens is 2. The predicted octanol–water partition coefficient (Wildman–Crippen LogP) is 2.31. The van der Waals surface area contributed by atoms with Crippen LogP contribution in [0.3, 0.4) is 0 Å². The van der Waals surface area contributed by atoms with E-state index in [-0.39, 0.29) is 17.5 Å². The van der Waals surface area contributed by atoms with Crippen molar-refractivity contribution < 1.29 is 33.0 Å². The molecule has 0 bridgehead atoms. The Labute approximate surface area is 170 Å². The van der Waals surface area contributed by atoms with Gasteiger partial charge in [0.05, 0.1) is 12.7 Å². The molecule has 1 aliphatic heterocycles. The molecule has 3 aromatic rings. The Bertz CT molecular complexity index is 1050. The van der Waals surface area contributed by atoms with Crippen LogP contribution in [0.1, 0.15) is 10.4 Å². The minimum Gasteiger partial charge on any atom is -0.493 e. The highest BCUT2D eigenvalue weighted by Gasteiger charge is 2.22. The second-order valence-corrected chi connectivity index (χ2v) is 6.11. The second kappa shape index (κ2) is 8.52. The first-order chi connectivity index (χ1) is 14.6. The number of ether oxygens (including phenoxy) is 4. The zero-order valence-corrected chi connectivity index (χ0v) is 15.9. The largest absolute Gasteiger partial charge is 0.493 e. The van der Waals surface area contributed by atoms with E-state index in [4.69, 9.17) is 23.4 Å². The van der Waals surface area contributed by atoms with E-state index in [2.05, 4.69) is 15.5 Å². The minimum atomic E-state index is -0.726. The van der Waals surface area contributed by atoms with Crippen molar-refractivity contribution in [2.45, 2.75) is 0 Å². The summed E-state index contributed by atoms with van der Waals surface area (Å²) >= 11 is 0. The number of carbonyl (C=O) groups excluding carboxylic acids is 2. The lowest BCUT2D eigenvalue weighted by Crippen LogP contribution is -2.21. The molecule has 1 amide bonds. The fourth-order valence-electron chi connectivity index (χ4n) is 2.73. The number of esters is 1. The van der Waals surface area contributed by atoms with Crippen LogP contribution in [-0.2, 0) is 9.53 Å². The van der Waals surface area contributed by atoms with Crippen molar-refractivity contribution in [1.29, 1.82) is 0 Å². The standard InChI is InChI=1S/C20H17N3O7/c1-26-14-9-13(10-15-17(14)28-8-7-27-15)19(25)29-11-16(24)21-20-23-22-18(30-20)12-5-3-2-4-6-12/h2-6,9-10H,7-8,11H2,1H3,(H,21,23,24). The first-order valence-electron chi connectivity index (χ1n) is 8.97. The number of amides is 1. The Morgan fingerprint density at radius 2 is 1.90 bits per heavy atom. The van der Waals surface area contributed by atoms with E-state index in [0.29, 0.717) is 36.0 Å². The van der Waals surface area contributed by atoms with Gasteiger partial charge < -0.3 is 23.4 Å². The molecule has 4 rings (SSSR count). The van der Waals surface area contributed by atoms with Gasteiger partial charge in [-0.1, -0.05) is 23.3 Å². The van der Waals surface area contributed by atoms with Crippen molar-refractivity contribution >= 4 is 17.9 Å². The fraction of sp³-hybridized carbons (Fsp3) is 0.200. The second-order valence-electron chi connectivity index (χ2n) is 6.11. The molecule has 1 aromatic heterocycles. The van der Waals surface area contributed by atoms with Crippen molar-refractivity contribution in [2.75, 3.05) is 32.2 Å². The number of rotatable bonds is 6. The van der Waals surface area contributed by atoms with Crippen molar-refractivity contribution in [3.8, 4) is 28.7 Å². The van der Waals surface area contributed by atoms with Gasteiger partial charge in [-0.05, 0) is 24.3 Å². The van der Waals surface area contributed by atoms with Crippen LogP contribution in [0.25, 0.3) is 11.5 Å². The first kappa shape index (κ1) is 19.2. The third-order valence-corrected chi connectivity index (χ3v) is 4.09.